The summed E-state index contributed by atoms with van der Waals surface area (Å²) in [7, 11) is 3.16. The molecule has 0 N–H and O–H groups in total. The van der Waals surface area contributed by atoms with Gasteiger partial charge in [-0.2, -0.15) is 0 Å². The highest BCUT2D eigenvalue weighted by Gasteiger charge is 2.03. The van der Waals surface area contributed by atoms with Crippen LogP contribution in [-0.4, -0.2) is 31.8 Å². The van der Waals surface area contributed by atoms with Crippen molar-refractivity contribution in [3.63, 3.8) is 0 Å². The maximum absolute atomic E-state index is 11.8. The zero-order valence-electron chi connectivity index (χ0n) is 13.9. The van der Waals surface area contributed by atoms with E-state index in [1.165, 1.54) is 6.08 Å². The van der Waals surface area contributed by atoms with Crippen LogP contribution in [0.15, 0.2) is 48.8 Å². The average molecular weight is 327 g/mol. The van der Waals surface area contributed by atoms with Crippen LogP contribution < -0.4 is 9.47 Å². The number of esters is 1. The summed E-state index contributed by atoms with van der Waals surface area (Å²) in [5.74, 6) is 0.955. The summed E-state index contributed by atoms with van der Waals surface area (Å²) < 4.78 is 15.6. The molecule has 0 fully saturated rings. The van der Waals surface area contributed by atoms with Crippen LogP contribution in [0.2, 0.25) is 0 Å². The highest BCUT2D eigenvalue weighted by atomic mass is 16.5. The zero-order valence-corrected chi connectivity index (χ0v) is 13.9. The third kappa shape index (κ3) is 5.43. The van der Waals surface area contributed by atoms with Crippen molar-refractivity contribution < 1.29 is 19.0 Å². The smallest absolute Gasteiger partial charge is 0.330 e. The van der Waals surface area contributed by atoms with E-state index in [-0.39, 0.29) is 5.97 Å². The molecule has 0 aliphatic carbocycles. The maximum Gasteiger partial charge on any atom is 0.330 e. The van der Waals surface area contributed by atoms with Crippen LogP contribution in [0.25, 0.3) is 6.08 Å². The van der Waals surface area contributed by atoms with Gasteiger partial charge in [0.2, 0.25) is 0 Å². The van der Waals surface area contributed by atoms with Gasteiger partial charge >= 0.3 is 5.97 Å². The third-order valence-electron chi connectivity index (χ3n) is 3.42. The van der Waals surface area contributed by atoms with Crippen molar-refractivity contribution in [1.82, 2.24) is 4.98 Å². The first-order chi connectivity index (χ1) is 11.7. The molecule has 2 rings (SSSR count). The van der Waals surface area contributed by atoms with E-state index in [4.69, 9.17) is 14.2 Å². The number of methoxy groups -OCH3 is 2. The average Bonchev–Trinajstić information content (AvgIpc) is 2.64. The van der Waals surface area contributed by atoms with E-state index in [2.05, 4.69) is 4.98 Å². The van der Waals surface area contributed by atoms with E-state index < -0.39 is 0 Å². The lowest BCUT2D eigenvalue weighted by Gasteiger charge is -2.07. The summed E-state index contributed by atoms with van der Waals surface area (Å²) in [5.41, 5.74) is 1.91. The molecule has 0 saturated carbocycles. The summed E-state index contributed by atoms with van der Waals surface area (Å²) in [6.45, 7) is 0.373. The predicted molar refractivity (Wildman–Crippen MR) is 92.1 cm³/mol. The van der Waals surface area contributed by atoms with Gasteiger partial charge in [-0.1, -0.05) is 6.07 Å². The number of carbonyl (C=O) groups is 1. The monoisotopic (exact) mass is 327 g/mol. The van der Waals surface area contributed by atoms with Crippen molar-refractivity contribution in [1.29, 1.82) is 0 Å². The molecule has 0 aliphatic rings. The molecule has 0 amide bonds. The number of pyridine rings is 1. The molecular formula is C19H21NO4. The fourth-order valence-electron chi connectivity index (χ4n) is 2.16. The molecule has 0 saturated heterocycles. The molecule has 1 aromatic carbocycles. The van der Waals surface area contributed by atoms with E-state index in [9.17, 15) is 4.79 Å². The number of carbonyl (C=O) groups excluding carboxylic acids is 1. The number of ether oxygens (including phenoxy) is 3. The van der Waals surface area contributed by atoms with E-state index in [1.807, 2.05) is 24.4 Å². The van der Waals surface area contributed by atoms with Gasteiger partial charge < -0.3 is 14.2 Å². The van der Waals surface area contributed by atoms with E-state index in [0.29, 0.717) is 18.1 Å². The lowest BCUT2D eigenvalue weighted by molar-refractivity contribution is -0.137. The Morgan fingerprint density at radius 3 is 2.79 bits per heavy atom. The lowest BCUT2D eigenvalue weighted by Crippen LogP contribution is -2.03. The SMILES string of the molecule is COc1ccc(C=CC(=O)OCCCc2cccnc2)c(OC)c1. The molecule has 126 valence electrons. The minimum absolute atomic E-state index is 0.373. The van der Waals surface area contributed by atoms with E-state index >= 15 is 0 Å². The summed E-state index contributed by atoms with van der Waals surface area (Å²) in [5, 5.41) is 0. The Morgan fingerprint density at radius 2 is 2.08 bits per heavy atom. The first kappa shape index (κ1) is 17.5. The molecule has 2 aromatic rings. The number of hydrogen-bond donors (Lipinski definition) is 0. The summed E-state index contributed by atoms with van der Waals surface area (Å²) in [6, 6.07) is 9.29. The molecule has 0 spiro atoms. The Kier molecular flexibility index (Phi) is 6.83. The van der Waals surface area contributed by atoms with E-state index in [0.717, 1.165) is 24.0 Å². The molecule has 0 bridgehead atoms. The summed E-state index contributed by atoms with van der Waals surface area (Å²) in [4.78, 5) is 15.8. The number of hydrogen-bond acceptors (Lipinski definition) is 5. The highest BCUT2D eigenvalue weighted by molar-refractivity contribution is 5.87. The second-order valence-corrected chi connectivity index (χ2v) is 5.07. The van der Waals surface area contributed by atoms with Crippen LogP contribution in [0, 0.1) is 0 Å². The second kappa shape index (κ2) is 9.35. The van der Waals surface area contributed by atoms with Gasteiger partial charge in [-0.15, -0.1) is 0 Å². The number of rotatable bonds is 8. The normalized spacial score (nSPS) is 10.6. The first-order valence-corrected chi connectivity index (χ1v) is 7.68. The Balaban J connectivity index is 1.80. The van der Waals surface area contributed by atoms with Crippen molar-refractivity contribution in [2.45, 2.75) is 12.8 Å². The van der Waals surface area contributed by atoms with Crippen LogP contribution in [-0.2, 0) is 16.0 Å². The lowest BCUT2D eigenvalue weighted by atomic mass is 10.1. The predicted octanol–water partition coefficient (Wildman–Crippen LogP) is 3.29. The first-order valence-electron chi connectivity index (χ1n) is 7.68. The zero-order chi connectivity index (χ0) is 17.2. The van der Waals surface area contributed by atoms with Gasteiger partial charge in [-0.25, -0.2) is 4.79 Å². The third-order valence-corrected chi connectivity index (χ3v) is 3.42. The van der Waals surface area contributed by atoms with Gasteiger partial charge in [0.15, 0.2) is 0 Å². The van der Waals surface area contributed by atoms with Crippen LogP contribution >= 0.6 is 0 Å². The largest absolute Gasteiger partial charge is 0.497 e. The van der Waals surface area contributed by atoms with Gasteiger partial charge in [0.25, 0.3) is 0 Å². The molecule has 5 nitrogen and oxygen atoms in total. The van der Waals surface area contributed by atoms with Gasteiger partial charge in [-0.05, 0) is 42.7 Å². The van der Waals surface area contributed by atoms with Crippen LogP contribution in [0.4, 0.5) is 0 Å². The number of aryl methyl sites for hydroxylation is 1. The Labute approximate surface area is 141 Å². The fourth-order valence-corrected chi connectivity index (χ4v) is 2.16. The quantitative estimate of drug-likeness (QED) is 0.423. The number of benzene rings is 1. The van der Waals surface area contributed by atoms with E-state index in [1.54, 1.807) is 38.6 Å². The van der Waals surface area contributed by atoms with Crippen LogP contribution in [0.5, 0.6) is 11.5 Å². The molecule has 24 heavy (non-hydrogen) atoms. The molecule has 1 aromatic heterocycles. The highest BCUT2D eigenvalue weighted by Crippen LogP contribution is 2.25. The molecule has 0 unspecified atom stereocenters. The van der Waals surface area contributed by atoms with Crippen molar-refractivity contribution in [2.24, 2.45) is 0 Å². The molecule has 0 atom stereocenters. The van der Waals surface area contributed by atoms with Crippen molar-refractivity contribution in [3.05, 3.63) is 59.9 Å². The summed E-state index contributed by atoms with van der Waals surface area (Å²) >= 11 is 0. The minimum Gasteiger partial charge on any atom is -0.497 e. The van der Waals surface area contributed by atoms with Crippen LogP contribution in [0.1, 0.15) is 17.5 Å². The Morgan fingerprint density at radius 1 is 1.21 bits per heavy atom. The Bertz CT molecular complexity index is 683. The Hall–Kier alpha value is -2.82. The number of aromatic nitrogens is 1. The molecule has 0 aliphatic heterocycles. The molecular weight excluding hydrogens is 306 g/mol. The topological polar surface area (TPSA) is 57.7 Å². The van der Waals surface area contributed by atoms with Gasteiger partial charge in [0.05, 0.1) is 20.8 Å². The standard InChI is InChI=1S/C19H21NO4/c1-22-17-9-7-16(18(13-17)23-2)8-10-19(21)24-12-4-6-15-5-3-11-20-14-15/h3,5,7-11,13-14H,4,6,12H2,1-2H3. The second-order valence-electron chi connectivity index (χ2n) is 5.07. The molecule has 0 radical (unpaired) electrons. The van der Waals surface area contributed by atoms with Gasteiger partial charge in [0, 0.05) is 30.1 Å². The van der Waals surface area contributed by atoms with Crippen molar-refractivity contribution in [3.8, 4) is 11.5 Å². The van der Waals surface area contributed by atoms with Gasteiger partial charge in [-0.3, -0.25) is 4.98 Å². The number of nitrogens with zero attached hydrogens (tertiary/aromatic N) is 1. The molecule has 1 heterocycles. The fraction of sp³-hybridized carbons (Fsp3) is 0.263. The molecule has 5 heteroatoms. The van der Waals surface area contributed by atoms with Crippen LogP contribution in [0.3, 0.4) is 0 Å². The van der Waals surface area contributed by atoms with Crippen molar-refractivity contribution in [2.75, 3.05) is 20.8 Å². The van der Waals surface area contributed by atoms with Crippen molar-refractivity contribution >= 4 is 12.0 Å². The minimum atomic E-state index is -0.376. The maximum atomic E-state index is 11.8. The van der Waals surface area contributed by atoms with Gasteiger partial charge in [0.1, 0.15) is 11.5 Å². The summed E-state index contributed by atoms with van der Waals surface area (Å²) in [6.07, 6.45) is 8.21.